The van der Waals surface area contributed by atoms with Crippen LogP contribution >= 0.6 is 22.9 Å². The minimum atomic E-state index is 0.461. The van der Waals surface area contributed by atoms with Gasteiger partial charge in [0.1, 0.15) is 0 Å². The van der Waals surface area contributed by atoms with Gasteiger partial charge < -0.3 is 0 Å². The van der Waals surface area contributed by atoms with Crippen LogP contribution in [0.1, 0.15) is 18.2 Å². The second-order valence-corrected chi connectivity index (χ2v) is 5.29. The molecule has 2 aromatic heterocycles. The lowest BCUT2D eigenvalue weighted by atomic mass is 10.1. The van der Waals surface area contributed by atoms with Crippen LogP contribution in [0.25, 0.3) is 16.2 Å². The van der Waals surface area contributed by atoms with E-state index in [2.05, 4.69) is 46.0 Å². The molecule has 0 aliphatic carbocycles. The van der Waals surface area contributed by atoms with Gasteiger partial charge in [0.25, 0.3) is 0 Å². The van der Waals surface area contributed by atoms with E-state index in [0.717, 1.165) is 17.1 Å². The van der Waals surface area contributed by atoms with Crippen LogP contribution in [0.5, 0.6) is 0 Å². The molecule has 3 aromatic rings. The summed E-state index contributed by atoms with van der Waals surface area (Å²) in [4.78, 5) is 5.46. The maximum atomic E-state index is 5.82. The van der Waals surface area contributed by atoms with Gasteiger partial charge in [0, 0.05) is 11.6 Å². The number of nitrogens with zero attached hydrogens (tertiary/aromatic N) is 2. The van der Waals surface area contributed by atoms with Crippen molar-refractivity contribution in [1.82, 2.24) is 9.38 Å². The zero-order valence-electron chi connectivity index (χ0n) is 10.1. The molecular weight excluding hydrogens is 264 g/mol. The Kier molecular flexibility index (Phi) is 3.10. The standard InChI is InChI=1S/C14H13ClN2S/c1-2-10-3-5-11(6-4-10)13-9-18-14-16-12(7-15)8-17(13)14/h3-6,8-9H,2,7H2,1H3. The number of halogens is 1. The van der Waals surface area contributed by atoms with Crippen molar-refractivity contribution >= 4 is 27.9 Å². The summed E-state index contributed by atoms with van der Waals surface area (Å²) >= 11 is 7.47. The predicted octanol–water partition coefficient (Wildman–Crippen LogP) is 4.36. The van der Waals surface area contributed by atoms with E-state index < -0.39 is 0 Å². The number of hydrogen-bond acceptors (Lipinski definition) is 2. The summed E-state index contributed by atoms with van der Waals surface area (Å²) in [6, 6.07) is 8.69. The van der Waals surface area contributed by atoms with E-state index in [1.54, 1.807) is 11.3 Å². The van der Waals surface area contributed by atoms with Crippen molar-refractivity contribution in [3.05, 3.63) is 47.1 Å². The van der Waals surface area contributed by atoms with E-state index >= 15 is 0 Å². The zero-order valence-corrected chi connectivity index (χ0v) is 11.6. The highest BCUT2D eigenvalue weighted by Gasteiger charge is 2.09. The quantitative estimate of drug-likeness (QED) is 0.650. The fourth-order valence-electron chi connectivity index (χ4n) is 2.01. The Morgan fingerprint density at radius 1 is 1.28 bits per heavy atom. The third kappa shape index (κ3) is 1.93. The van der Waals surface area contributed by atoms with Crippen LogP contribution in [0.15, 0.2) is 35.8 Å². The molecule has 0 aliphatic rings. The number of thiazole rings is 1. The average Bonchev–Trinajstić information content (AvgIpc) is 2.98. The van der Waals surface area contributed by atoms with Crippen molar-refractivity contribution in [3.63, 3.8) is 0 Å². The van der Waals surface area contributed by atoms with Crippen LogP contribution < -0.4 is 0 Å². The minimum absolute atomic E-state index is 0.461. The van der Waals surface area contributed by atoms with Gasteiger partial charge in [0.15, 0.2) is 4.96 Å². The summed E-state index contributed by atoms with van der Waals surface area (Å²) in [6.45, 7) is 2.17. The number of rotatable bonds is 3. The van der Waals surface area contributed by atoms with Crippen LogP contribution in [0.2, 0.25) is 0 Å². The lowest BCUT2D eigenvalue weighted by Crippen LogP contribution is -1.85. The van der Waals surface area contributed by atoms with E-state index in [1.807, 2.05) is 6.20 Å². The molecule has 0 saturated carbocycles. The molecule has 1 aromatic carbocycles. The minimum Gasteiger partial charge on any atom is -0.290 e. The largest absolute Gasteiger partial charge is 0.290 e. The van der Waals surface area contributed by atoms with Crippen LogP contribution in [-0.4, -0.2) is 9.38 Å². The Morgan fingerprint density at radius 3 is 2.72 bits per heavy atom. The molecule has 0 unspecified atom stereocenters. The van der Waals surface area contributed by atoms with E-state index in [9.17, 15) is 0 Å². The lowest BCUT2D eigenvalue weighted by Gasteiger charge is -2.01. The van der Waals surface area contributed by atoms with Gasteiger partial charge in [-0.2, -0.15) is 0 Å². The number of fused-ring (bicyclic) bond motifs is 1. The third-order valence-electron chi connectivity index (χ3n) is 3.05. The van der Waals surface area contributed by atoms with Crippen LogP contribution in [0.3, 0.4) is 0 Å². The number of alkyl halides is 1. The van der Waals surface area contributed by atoms with Crippen molar-refractivity contribution in [3.8, 4) is 11.3 Å². The molecule has 18 heavy (non-hydrogen) atoms. The van der Waals surface area contributed by atoms with Gasteiger partial charge in [-0.1, -0.05) is 31.2 Å². The third-order valence-corrected chi connectivity index (χ3v) is 4.17. The zero-order chi connectivity index (χ0) is 12.5. The number of hydrogen-bond donors (Lipinski definition) is 0. The van der Waals surface area contributed by atoms with Gasteiger partial charge in [-0.25, -0.2) is 4.98 Å². The smallest absolute Gasteiger partial charge is 0.194 e. The normalized spacial score (nSPS) is 11.2. The molecule has 0 radical (unpaired) electrons. The first-order valence-corrected chi connectivity index (χ1v) is 7.34. The van der Waals surface area contributed by atoms with E-state index in [4.69, 9.17) is 11.6 Å². The summed E-state index contributed by atoms with van der Waals surface area (Å²) in [5.41, 5.74) is 4.69. The Balaban J connectivity index is 2.09. The fourth-order valence-corrected chi connectivity index (χ4v) is 3.04. The SMILES string of the molecule is CCc1ccc(-c2csc3nc(CCl)cn23)cc1. The number of imidazole rings is 1. The Morgan fingerprint density at radius 2 is 2.06 bits per heavy atom. The van der Waals surface area contributed by atoms with Crippen molar-refractivity contribution in [2.45, 2.75) is 19.2 Å². The summed E-state index contributed by atoms with van der Waals surface area (Å²) in [6.07, 6.45) is 3.09. The highest BCUT2D eigenvalue weighted by atomic mass is 35.5. The van der Waals surface area contributed by atoms with Crippen molar-refractivity contribution in [2.75, 3.05) is 0 Å². The molecule has 4 heteroatoms. The molecule has 2 heterocycles. The molecule has 0 atom stereocenters. The van der Waals surface area contributed by atoms with Gasteiger partial charge >= 0.3 is 0 Å². The number of benzene rings is 1. The van der Waals surface area contributed by atoms with Crippen molar-refractivity contribution < 1.29 is 0 Å². The molecule has 0 aliphatic heterocycles. The topological polar surface area (TPSA) is 17.3 Å². The van der Waals surface area contributed by atoms with Crippen LogP contribution in [-0.2, 0) is 12.3 Å². The molecule has 0 amide bonds. The molecule has 3 rings (SSSR count). The highest BCUT2D eigenvalue weighted by Crippen LogP contribution is 2.27. The van der Waals surface area contributed by atoms with Gasteiger partial charge in [-0.05, 0) is 17.5 Å². The van der Waals surface area contributed by atoms with Gasteiger partial charge in [0.2, 0.25) is 0 Å². The summed E-state index contributed by atoms with van der Waals surface area (Å²) < 4.78 is 2.11. The molecule has 2 nitrogen and oxygen atoms in total. The number of aromatic nitrogens is 2. The number of aryl methyl sites for hydroxylation is 1. The second-order valence-electron chi connectivity index (χ2n) is 4.19. The van der Waals surface area contributed by atoms with E-state index in [0.29, 0.717) is 5.88 Å². The second kappa shape index (κ2) is 4.75. The van der Waals surface area contributed by atoms with E-state index in [1.165, 1.54) is 16.8 Å². The van der Waals surface area contributed by atoms with Gasteiger partial charge in [-0.15, -0.1) is 22.9 Å². The fraction of sp³-hybridized carbons (Fsp3) is 0.214. The predicted molar refractivity (Wildman–Crippen MR) is 77.4 cm³/mol. The maximum Gasteiger partial charge on any atom is 0.194 e. The Hall–Kier alpha value is -1.32. The first-order valence-electron chi connectivity index (χ1n) is 5.92. The maximum absolute atomic E-state index is 5.82. The molecule has 0 saturated heterocycles. The Labute approximate surface area is 115 Å². The lowest BCUT2D eigenvalue weighted by molar-refractivity contribution is 1.14. The van der Waals surface area contributed by atoms with Crippen LogP contribution in [0.4, 0.5) is 0 Å². The van der Waals surface area contributed by atoms with Gasteiger partial charge in [-0.3, -0.25) is 4.40 Å². The molecular formula is C14H13ClN2S. The van der Waals surface area contributed by atoms with Crippen LogP contribution in [0, 0.1) is 0 Å². The Bertz CT molecular complexity index is 667. The van der Waals surface area contributed by atoms with Gasteiger partial charge in [0.05, 0.1) is 17.3 Å². The summed E-state index contributed by atoms with van der Waals surface area (Å²) in [7, 11) is 0. The monoisotopic (exact) mass is 276 g/mol. The van der Waals surface area contributed by atoms with E-state index in [-0.39, 0.29) is 0 Å². The molecule has 92 valence electrons. The summed E-state index contributed by atoms with van der Waals surface area (Å²) in [5.74, 6) is 0.461. The molecule has 0 N–H and O–H groups in total. The first-order chi connectivity index (χ1) is 8.81. The first kappa shape index (κ1) is 11.8. The molecule has 0 spiro atoms. The molecule has 0 bridgehead atoms. The highest BCUT2D eigenvalue weighted by molar-refractivity contribution is 7.15. The molecule has 0 fully saturated rings. The van der Waals surface area contributed by atoms with Crippen molar-refractivity contribution in [2.24, 2.45) is 0 Å². The van der Waals surface area contributed by atoms with Crippen molar-refractivity contribution in [1.29, 1.82) is 0 Å². The average molecular weight is 277 g/mol. The summed E-state index contributed by atoms with van der Waals surface area (Å²) in [5, 5.41) is 2.14.